The Labute approximate surface area is 118 Å². The minimum atomic E-state index is -1.29. The fourth-order valence-electron chi connectivity index (χ4n) is 1.73. The van der Waals surface area contributed by atoms with Crippen LogP contribution in [0.5, 0.6) is 0 Å². The van der Waals surface area contributed by atoms with Crippen molar-refractivity contribution < 1.29 is 14.7 Å². The van der Waals surface area contributed by atoms with Crippen LogP contribution in [-0.4, -0.2) is 21.8 Å². The third-order valence-electron chi connectivity index (χ3n) is 3.66. The molecule has 0 fully saturated rings. The Bertz CT molecular complexity index is 587. The Balaban J connectivity index is 3.44. The van der Waals surface area contributed by atoms with Crippen LogP contribution in [0.4, 0.5) is 0 Å². The highest BCUT2D eigenvalue weighted by molar-refractivity contribution is 6.08. The molecule has 0 saturated carbocycles. The minimum absolute atomic E-state index is 0.142. The molecule has 1 aromatic rings. The summed E-state index contributed by atoms with van der Waals surface area (Å²) < 4.78 is 0. The summed E-state index contributed by atoms with van der Waals surface area (Å²) in [5.74, 6) is -2.00. The number of hydrogen-bond acceptors (Lipinski definition) is 4. The van der Waals surface area contributed by atoms with Crippen LogP contribution in [0.3, 0.4) is 0 Å². The van der Waals surface area contributed by atoms with Crippen molar-refractivity contribution in [2.24, 2.45) is 11.3 Å². The number of carboxylic acids is 1. The predicted octanol–water partition coefficient (Wildman–Crippen LogP) is 2.71. The highest BCUT2D eigenvalue weighted by Gasteiger charge is 2.40. The smallest absolute Gasteiger partial charge is 0.338 e. The molecule has 5 nitrogen and oxygen atoms in total. The molecule has 106 valence electrons. The number of Topliss-reactive ketones (excluding diaryl/α,β-unsaturated/α-hetero) is 1. The van der Waals surface area contributed by atoms with E-state index in [1.54, 1.807) is 13.8 Å². The molecule has 0 bridgehead atoms. The van der Waals surface area contributed by atoms with Crippen molar-refractivity contribution in [3.05, 3.63) is 29.1 Å². The number of rotatable bonds is 5. The first-order valence-corrected chi connectivity index (χ1v) is 6.46. The van der Waals surface area contributed by atoms with Gasteiger partial charge in [0.15, 0.2) is 0 Å². The number of pyridine rings is 1. The number of hydrogen-bond donors (Lipinski definition) is 1. The van der Waals surface area contributed by atoms with E-state index in [0.717, 1.165) is 5.56 Å². The minimum Gasteiger partial charge on any atom is -0.478 e. The van der Waals surface area contributed by atoms with Crippen LogP contribution >= 0.6 is 0 Å². The first-order chi connectivity index (χ1) is 9.27. The topological polar surface area (TPSA) is 91.0 Å². The number of aryl methyl sites for hydroxylation is 1. The zero-order valence-corrected chi connectivity index (χ0v) is 12.1. The van der Waals surface area contributed by atoms with Gasteiger partial charge >= 0.3 is 5.97 Å². The average molecular weight is 274 g/mol. The molecular weight excluding hydrogens is 256 g/mol. The second-order valence-electron chi connectivity index (χ2n) is 5.20. The van der Waals surface area contributed by atoms with Gasteiger partial charge in [0.1, 0.15) is 11.1 Å². The Morgan fingerprint density at radius 2 is 2.10 bits per heavy atom. The molecule has 20 heavy (non-hydrogen) atoms. The summed E-state index contributed by atoms with van der Waals surface area (Å²) in [7, 11) is 0. The maximum Gasteiger partial charge on any atom is 0.338 e. The second kappa shape index (κ2) is 5.83. The van der Waals surface area contributed by atoms with Crippen molar-refractivity contribution in [1.82, 2.24) is 4.98 Å². The van der Waals surface area contributed by atoms with Crippen LogP contribution in [0, 0.1) is 22.7 Å². The number of carbonyl (C=O) groups excluding carboxylic acids is 1. The SMILES string of the molecule is CCc1cnc(C(=O)C(C)(C#N)C(C)C)c(C(=O)O)c1. The summed E-state index contributed by atoms with van der Waals surface area (Å²) in [6.45, 7) is 6.89. The predicted molar refractivity (Wildman–Crippen MR) is 73.5 cm³/mol. The Morgan fingerprint density at radius 3 is 2.50 bits per heavy atom. The highest BCUT2D eigenvalue weighted by atomic mass is 16.4. The van der Waals surface area contributed by atoms with E-state index >= 15 is 0 Å². The van der Waals surface area contributed by atoms with Gasteiger partial charge in [0, 0.05) is 6.20 Å². The molecule has 5 heteroatoms. The first-order valence-electron chi connectivity index (χ1n) is 6.46. The molecule has 0 amide bonds. The van der Waals surface area contributed by atoms with Gasteiger partial charge in [-0.2, -0.15) is 5.26 Å². The van der Waals surface area contributed by atoms with Gasteiger partial charge in [-0.1, -0.05) is 20.8 Å². The van der Waals surface area contributed by atoms with E-state index in [1.807, 2.05) is 13.0 Å². The lowest BCUT2D eigenvalue weighted by Gasteiger charge is -2.24. The number of ketones is 1. The van der Waals surface area contributed by atoms with Crippen LogP contribution in [0.15, 0.2) is 12.3 Å². The molecular formula is C15H18N2O3. The number of carbonyl (C=O) groups is 2. The molecule has 0 radical (unpaired) electrons. The molecule has 1 rings (SSSR count). The molecule has 0 aromatic carbocycles. The molecule has 0 aliphatic carbocycles. The number of aromatic carboxylic acids is 1. The van der Waals surface area contributed by atoms with Crippen molar-refractivity contribution in [1.29, 1.82) is 5.26 Å². The largest absolute Gasteiger partial charge is 0.478 e. The number of aromatic nitrogens is 1. The van der Waals surface area contributed by atoms with E-state index < -0.39 is 17.2 Å². The van der Waals surface area contributed by atoms with E-state index in [4.69, 9.17) is 0 Å². The first kappa shape index (κ1) is 15.8. The fourth-order valence-corrected chi connectivity index (χ4v) is 1.73. The van der Waals surface area contributed by atoms with Crippen LogP contribution in [0.1, 0.15) is 54.1 Å². The average Bonchev–Trinajstić information content (AvgIpc) is 2.44. The third kappa shape index (κ3) is 2.69. The number of nitrogens with zero attached hydrogens (tertiary/aromatic N) is 2. The van der Waals surface area contributed by atoms with E-state index in [9.17, 15) is 20.0 Å². The maximum absolute atomic E-state index is 12.5. The van der Waals surface area contributed by atoms with Crippen molar-refractivity contribution in [3.63, 3.8) is 0 Å². The van der Waals surface area contributed by atoms with Gasteiger partial charge in [0.2, 0.25) is 5.78 Å². The van der Waals surface area contributed by atoms with Gasteiger partial charge in [-0.25, -0.2) is 4.79 Å². The van der Waals surface area contributed by atoms with Crippen LogP contribution in [0.25, 0.3) is 0 Å². The molecule has 1 unspecified atom stereocenters. The third-order valence-corrected chi connectivity index (χ3v) is 3.66. The van der Waals surface area contributed by atoms with Crippen molar-refractivity contribution >= 4 is 11.8 Å². The Morgan fingerprint density at radius 1 is 1.50 bits per heavy atom. The van der Waals surface area contributed by atoms with Crippen LogP contribution in [-0.2, 0) is 6.42 Å². The van der Waals surface area contributed by atoms with E-state index in [-0.39, 0.29) is 17.2 Å². The Hall–Kier alpha value is -2.22. The van der Waals surface area contributed by atoms with Gasteiger partial charge in [0.25, 0.3) is 0 Å². The van der Waals surface area contributed by atoms with E-state index in [2.05, 4.69) is 4.98 Å². The van der Waals surface area contributed by atoms with Gasteiger partial charge in [-0.3, -0.25) is 9.78 Å². The van der Waals surface area contributed by atoms with Gasteiger partial charge in [-0.05, 0) is 30.9 Å². The lowest BCUT2D eigenvalue weighted by atomic mass is 9.75. The molecule has 0 aliphatic heterocycles. The maximum atomic E-state index is 12.5. The summed E-state index contributed by atoms with van der Waals surface area (Å²) in [6, 6.07) is 3.43. The van der Waals surface area contributed by atoms with E-state index in [1.165, 1.54) is 19.2 Å². The lowest BCUT2D eigenvalue weighted by Crippen LogP contribution is -2.33. The summed E-state index contributed by atoms with van der Waals surface area (Å²) in [4.78, 5) is 27.8. The quantitative estimate of drug-likeness (QED) is 0.833. The molecule has 0 aliphatic rings. The van der Waals surface area contributed by atoms with Crippen LogP contribution in [0.2, 0.25) is 0 Å². The monoisotopic (exact) mass is 274 g/mol. The number of nitriles is 1. The summed E-state index contributed by atoms with van der Waals surface area (Å²) >= 11 is 0. The van der Waals surface area contributed by atoms with Crippen molar-refractivity contribution in [3.8, 4) is 6.07 Å². The van der Waals surface area contributed by atoms with Gasteiger partial charge in [0.05, 0.1) is 11.6 Å². The summed E-state index contributed by atoms with van der Waals surface area (Å²) in [5.41, 5.74) is -0.837. The van der Waals surface area contributed by atoms with E-state index in [0.29, 0.717) is 6.42 Å². The molecule has 0 saturated heterocycles. The zero-order chi connectivity index (χ0) is 15.5. The molecule has 1 aromatic heterocycles. The van der Waals surface area contributed by atoms with Gasteiger partial charge in [-0.15, -0.1) is 0 Å². The summed E-state index contributed by atoms with van der Waals surface area (Å²) in [6.07, 6.45) is 2.11. The molecule has 1 heterocycles. The second-order valence-corrected chi connectivity index (χ2v) is 5.20. The van der Waals surface area contributed by atoms with Gasteiger partial charge < -0.3 is 5.11 Å². The van der Waals surface area contributed by atoms with Crippen LogP contribution < -0.4 is 0 Å². The molecule has 0 spiro atoms. The normalized spacial score (nSPS) is 13.6. The fraction of sp³-hybridized carbons (Fsp3) is 0.467. The Kier molecular flexibility index (Phi) is 4.61. The lowest BCUT2D eigenvalue weighted by molar-refractivity contribution is 0.0683. The zero-order valence-electron chi connectivity index (χ0n) is 12.1. The molecule has 1 atom stereocenters. The number of carboxylic acid groups (broad SMARTS) is 1. The summed E-state index contributed by atoms with van der Waals surface area (Å²) in [5, 5.41) is 18.5. The highest BCUT2D eigenvalue weighted by Crippen LogP contribution is 2.31. The molecule has 1 N–H and O–H groups in total. The standard InChI is InChI=1S/C15H18N2O3/c1-5-10-6-11(14(19)20)12(17-7-10)13(18)15(4,8-16)9(2)3/h6-7,9H,5H2,1-4H3,(H,19,20). The van der Waals surface area contributed by atoms with Crippen molar-refractivity contribution in [2.45, 2.75) is 34.1 Å². The van der Waals surface area contributed by atoms with Crippen molar-refractivity contribution in [2.75, 3.05) is 0 Å².